The highest BCUT2D eigenvalue weighted by atomic mass is 19.4. The number of nitrogens with one attached hydrogen (secondary N) is 1. The van der Waals surface area contributed by atoms with Gasteiger partial charge in [0.1, 0.15) is 5.75 Å². The first-order chi connectivity index (χ1) is 15.1. The molecule has 9 heteroatoms. The number of halogens is 3. The van der Waals surface area contributed by atoms with Crippen LogP contribution in [0.2, 0.25) is 0 Å². The van der Waals surface area contributed by atoms with E-state index in [9.17, 15) is 23.1 Å². The van der Waals surface area contributed by atoms with Gasteiger partial charge in [0.15, 0.2) is 0 Å². The zero-order valence-electron chi connectivity index (χ0n) is 17.7. The van der Waals surface area contributed by atoms with Gasteiger partial charge in [-0.05, 0) is 73.6 Å². The van der Waals surface area contributed by atoms with Gasteiger partial charge in [0.25, 0.3) is 0 Å². The molecule has 170 valence electrons. The van der Waals surface area contributed by atoms with Gasteiger partial charge in [0.05, 0.1) is 16.6 Å². The first-order valence-electron chi connectivity index (χ1n) is 10.5. The van der Waals surface area contributed by atoms with Crippen molar-refractivity contribution in [3.63, 3.8) is 0 Å². The molecule has 0 bridgehead atoms. The molecule has 6 nitrogen and oxygen atoms in total. The molecule has 0 aliphatic heterocycles. The largest absolute Gasteiger partial charge is 0.573 e. The van der Waals surface area contributed by atoms with E-state index in [0.717, 1.165) is 24.8 Å². The van der Waals surface area contributed by atoms with E-state index in [4.69, 9.17) is 0 Å². The first-order valence-corrected chi connectivity index (χ1v) is 10.5. The molecule has 4 rings (SSSR count). The van der Waals surface area contributed by atoms with Crippen LogP contribution < -0.4 is 10.1 Å². The van der Waals surface area contributed by atoms with Gasteiger partial charge in [-0.15, -0.1) is 13.2 Å². The van der Waals surface area contributed by atoms with Gasteiger partial charge in [-0.2, -0.15) is 0 Å². The lowest BCUT2D eigenvalue weighted by Crippen LogP contribution is -2.23. The minimum absolute atomic E-state index is 0.123. The maximum absolute atomic E-state index is 12.4. The molecule has 0 spiro atoms. The summed E-state index contributed by atoms with van der Waals surface area (Å²) in [5.74, 6) is 0.224. The van der Waals surface area contributed by atoms with Crippen molar-refractivity contribution in [2.24, 2.45) is 11.8 Å². The van der Waals surface area contributed by atoms with Crippen molar-refractivity contribution in [3.05, 3.63) is 48.0 Å². The summed E-state index contributed by atoms with van der Waals surface area (Å²) in [4.78, 5) is 16.2. The van der Waals surface area contributed by atoms with E-state index in [0.29, 0.717) is 29.0 Å². The molecule has 2 unspecified atom stereocenters. The standard InChI is InChI=1S/C23H24F3N3O3/c1-13-9-14(2)11-17(10-13)29-20-12-15(21(30)31)3-8-19(20)28-22(29)27-16-4-6-18(7-5-16)32-23(24,25)26/h3-8,12-14,17H,9-11H2,1-2H3,(H,27,28)(H,30,31). The third-order valence-corrected chi connectivity index (χ3v) is 5.80. The van der Waals surface area contributed by atoms with Crippen molar-refractivity contribution in [1.29, 1.82) is 0 Å². The number of ether oxygens (including phenoxy) is 1. The highest BCUT2D eigenvalue weighted by Crippen LogP contribution is 2.40. The second kappa shape index (κ2) is 8.37. The Labute approximate surface area is 183 Å². The van der Waals surface area contributed by atoms with E-state index >= 15 is 0 Å². The molecule has 3 aromatic rings. The lowest BCUT2D eigenvalue weighted by Gasteiger charge is -2.33. The second-order valence-electron chi connectivity index (χ2n) is 8.58. The number of nitrogens with zero attached hydrogens (tertiary/aromatic N) is 2. The zero-order valence-corrected chi connectivity index (χ0v) is 17.7. The van der Waals surface area contributed by atoms with Crippen molar-refractivity contribution < 1.29 is 27.8 Å². The smallest absolute Gasteiger partial charge is 0.478 e. The van der Waals surface area contributed by atoms with Crippen LogP contribution in [0, 0.1) is 11.8 Å². The number of carboxylic acid groups (broad SMARTS) is 1. The Kier molecular flexibility index (Phi) is 5.75. The van der Waals surface area contributed by atoms with Crippen LogP contribution in [-0.2, 0) is 0 Å². The normalized spacial score (nSPS) is 21.5. The first kappa shape index (κ1) is 22.0. The molecule has 1 aliphatic carbocycles. The number of aromatic nitrogens is 2. The Balaban J connectivity index is 1.72. The van der Waals surface area contributed by atoms with Gasteiger partial charge in [0, 0.05) is 11.7 Å². The van der Waals surface area contributed by atoms with Crippen molar-refractivity contribution in [1.82, 2.24) is 9.55 Å². The molecule has 0 saturated heterocycles. The van der Waals surface area contributed by atoms with Crippen LogP contribution in [0.3, 0.4) is 0 Å². The van der Waals surface area contributed by atoms with Crippen LogP contribution in [0.4, 0.5) is 24.8 Å². The summed E-state index contributed by atoms with van der Waals surface area (Å²) in [7, 11) is 0. The fourth-order valence-electron chi connectivity index (χ4n) is 4.67. The third kappa shape index (κ3) is 4.81. The summed E-state index contributed by atoms with van der Waals surface area (Å²) in [6.45, 7) is 4.41. The zero-order chi connectivity index (χ0) is 23.0. The molecule has 0 radical (unpaired) electrons. The Bertz CT molecular complexity index is 1120. The van der Waals surface area contributed by atoms with Crippen molar-refractivity contribution >= 4 is 28.6 Å². The molecule has 2 aromatic carbocycles. The summed E-state index contributed by atoms with van der Waals surface area (Å²) in [6.07, 6.45) is -1.76. The molecular weight excluding hydrogens is 423 g/mol. The van der Waals surface area contributed by atoms with E-state index in [1.807, 2.05) is 4.57 Å². The number of aromatic carboxylic acids is 1. The number of rotatable bonds is 5. The van der Waals surface area contributed by atoms with Gasteiger partial charge >= 0.3 is 12.3 Å². The minimum atomic E-state index is -4.75. The lowest BCUT2D eigenvalue weighted by atomic mass is 9.80. The van der Waals surface area contributed by atoms with E-state index in [2.05, 4.69) is 28.9 Å². The van der Waals surface area contributed by atoms with Gasteiger partial charge in [-0.25, -0.2) is 9.78 Å². The van der Waals surface area contributed by atoms with Crippen LogP contribution in [0.15, 0.2) is 42.5 Å². The number of hydrogen-bond donors (Lipinski definition) is 2. The summed E-state index contributed by atoms with van der Waals surface area (Å²) in [5, 5.41) is 12.6. The van der Waals surface area contributed by atoms with Crippen molar-refractivity contribution in [3.8, 4) is 5.75 Å². The van der Waals surface area contributed by atoms with Gasteiger partial charge in [0.2, 0.25) is 5.95 Å². The number of benzene rings is 2. The van der Waals surface area contributed by atoms with E-state index in [-0.39, 0.29) is 17.4 Å². The van der Waals surface area contributed by atoms with Crippen molar-refractivity contribution in [2.45, 2.75) is 45.5 Å². The minimum Gasteiger partial charge on any atom is -0.478 e. The van der Waals surface area contributed by atoms with Crippen LogP contribution in [0.1, 0.15) is 49.5 Å². The maximum atomic E-state index is 12.4. The van der Waals surface area contributed by atoms with Gasteiger partial charge < -0.3 is 19.7 Å². The molecule has 1 heterocycles. The lowest BCUT2D eigenvalue weighted by molar-refractivity contribution is -0.274. The molecular formula is C23H24F3N3O3. The fourth-order valence-corrected chi connectivity index (χ4v) is 4.67. The molecule has 2 N–H and O–H groups in total. The summed E-state index contributed by atoms with van der Waals surface area (Å²) in [5.41, 5.74) is 2.10. The van der Waals surface area contributed by atoms with E-state index in [1.165, 1.54) is 30.3 Å². The predicted molar refractivity (Wildman–Crippen MR) is 114 cm³/mol. The van der Waals surface area contributed by atoms with Gasteiger partial charge in [-0.3, -0.25) is 0 Å². The Hall–Kier alpha value is -3.23. The van der Waals surface area contributed by atoms with Crippen LogP contribution in [0.5, 0.6) is 5.75 Å². The van der Waals surface area contributed by atoms with Gasteiger partial charge in [-0.1, -0.05) is 13.8 Å². The number of fused-ring (bicyclic) bond motifs is 1. The summed E-state index contributed by atoms with van der Waals surface area (Å²) < 4.78 is 43.2. The number of anilines is 2. The fraction of sp³-hybridized carbons (Fsp3) is 0.391. The SMILES string of the molecule is CC1CC(C)CC(n2c(Nc3ccc(OC(F)(F)F)cc3)nc3ccc(C(=O)O)cc32)C1. The Morgan fingerprint density at radius 1 is 1.09 bits per heavy atom. The molecule has 2 atom stereocenters. The number of imidazole rings is 1. The van der Waals surface area contributed by atoms with Crippen LogP contribution >= 0.6 is 0 Å². The molecule has 1 fully saturated rings. The Morgan fingerprint density at radius 3 is 2.34 bits per heavy atom. The third-order valence-electron chi connectivity index (χ3n) is 5.80. The van der Waals surface area contributed by atoms with E-state index in [1.54, 1.807) is 12.1 Å². The highest BCUT2D eigenvalue weighted by molar-refractivity contribution is 5.93. The molecule has 1 aliphatic rings. The number of alkyl halides is 3. The average Bonchev–Trinajstić information content (AvgIpc) is 3.04. The summed E-state index contributed by atoms with van der Waals surface area (Å²) in [6, 6.07) is 10.4. The quantitative estimate of drug-likeness (QED) is 0.475. The number of carboxylic acids is 1. The Morgan fingerprint density at radius 2 is 1.75 bits per heavy atom. The average molecular weight is 447 g/mol. The number of hydrogen-bond acceptors (Lipinski definition) is 4. The molecule has 32 heavy (non-hydrogen) atoms. The number of carbonyl (C=O) groups is 1. The molecule has 1 aromatic heterocycles. The van der Waals surface area contributed by atoms with Crippen LogP contribution in [-0.4, -0.2) is 27.0 Å². The topological polar surface area (TPSA) is 76.4 Å². The maximum Gasteiger partial charge on any atom is 0.573 e. The monoisotopic (exact) mass is 447 g/mol. The molecule has 0 amide bonds. The summed E-state index contributed by atoms with van der Waals surface area (Å²) >= 11 is 0. The van der Waals surface area contributed by atoms with E-state index < -0.39 is 12.3 Å². The molecule has 1 saturated carbocycles. The van der Waals surface area contributed by atoms with Crippen molar-refractivity contribution in [2.75, 3.05) is 5.32 Å². The second-order valence-corrected chi connectivity index (χ2v) is 8.58. The highest BCUT2D eigenvalue weighted by Gasteiger charge is 2.31. The predicted octanol–water partition coefficient (Wildman–Crippen LogP) is 6.37. The van der Waals surface area contributed by atoms with Crippen LogP contribution in [0.25, 0.3) is 11.0 Å².